The Morgan fingerprint density at radius 2 is 2.12 bits per heavy atom. The number of carbonyl (C=O) groups is 1. The number of anilines is 2. The zero-order valence-corrected chi connectivity index (χ0v) is 19.0. The van der Waals surface area contributed by atoms with Gasteiger partial charge in [0.05, 0.1) is 5.69 Å². The van der Waals surface area contributed by atoms with Crippen LogP contribution in [-0.4, -0.2) is 48.0 Å². The van der Waals surface area contributed by atoms with Gasteiger partial charge in [-0.25, -0.2) is 23.1 Å². The highest BCUT2D eigenvalue weighted by atomic mass is 19.3. The van der Waals surface area contributed by atoms with Crippen LogP contribution in [0.2, 0.25) is 0 Å². The highest BCUT2D eigenvalue weighted by molar-refractivity contribution is 5.94. The molecule has 1 aliphatic carbocycles. The molecule has 2 aromatic heterocycles. The minimum absolute atomic E-state index is 0.112. The van der Waals surface area contributed by atoms with E-state index in [1.165, 1.54) is 13.1 Å². The van der Waals surface area contributed by atoms with Crippen LogP contribution < -0.4 is 15.5 Å². The first-order valence-electron chi connectivity index (χ1n) is 11.5. The number of aromatic nitrogens is 2. The topological polar surface area (TPSA) is 70.2 Å². The Hall–Kier alpha value is -2.68. The number of amides is 1. The van der Waals surface area contributed by atoms with Crippen LogP contribution in [0, 0.1) is 5.92 Å². The molecule has 6 nitrogen and oxygen atoms in total. The van der Waals surface area contributed by atoms with E-state index in [2.05, 4.69) is 27.4 Å². The summed E-state index contributed by atoms with van der Waals surface area (Å²) in [7, 11) is 0. The molecule has 1 amide bonds. The van der Waals surface area contributed by atoms with Crippen LogP contribution in [0.1, 0.15) is 50.2 Å². The molecule has 2 aliphatic rings. The Bertz CT molecular complexity index is 998. The monoisotopic (exact) mass is 461 g/mol. The van der Waals surface area contributed by atoms with Gasteiger partial charge in [-0.3, -0.25) is 4.79 Å². The summed E-state index contributed by atoms with van der Waals surface area (Å²) in [6, 6.07) is 5.16. The molecular formula is C24H30F3N5O. The predicted molar refractivity (Wildman–Crippen MR) is 122 cm³/mol. The predicted octanol–water partition coefficient (Wildman–Crippen LogP) is 4.52. The van der Waals surface area contributed by atoms with Gasteiger partial charge in [-0.05, 0) is 43.5 Å². The van der Waals surface area contributed by atoms with Gasteiger partial charge in [0, 0.05) is 54.8 Å². The third-order valence-corrected chi connectivity index (χ3v) is 6.54. The molecule has 2 N–H and O–H groups in total. The molecule has 33 heavy (non-hydrogen) atoms. The lowest BCUT2D eigenvalue weighted by atomic mass is 9.84. The van der Waals surface area contributed by atoms with Crippen LogP contribution in [0.4, 0.5) is 24.8 Å². The van der Waals surface area contributed by atoms with Gasteiger partial charge in [0.2, 0.25) is 12.3 Å². The summed E-state index contributed by atoms with van der Waals surface area (Å²) < 4.78 is 41.5. The van der Waals surface area contributed by atoms with Gasteiger partial charge >= 0.3 is 0 Å². The van der Waals surface area contributed by atoms with E-state index in [0.29, 0.717) is 35.7 Å². The van der Waals surface area contributed by atoms with Gasteiger partial charge < -0.3 is 15.5 Å². The van der Waals surface area contributed by atoms with Crippen molar-refractivity contribution in [3.05, 3.63) is 35.5 Å². The second-order valence-corrected chi connectivity index (χ2v) is 9.01. The number of halogens is 3. The number of carbonyl (C=O) groups excluding carboxylic acids is 1. The molecule has 0 aromatic carbocycles. The number of piperazine rings is 1. The van der Waals surface area contributed by atoms with E-state index < -0.39 is 19.0 Å². The summed E-state index contributed by atoms with van der Waals surface area (Å²) >= 11 is 0. The molecule has 2 fully saturated rings. The lowest BCUT2D eigenvalue weighted by Gasteiger charge is -2.33. The smallest absolute Gasteiger partial charge is 0.245 e. The lowest BCUT2D eigenvalue weighted by Crippen LogP contribution is -2.49. The van der Waals surface area contributed by atoms with E-state index in [0.717, 1.165) is 25.8 Å². The van der Waals surface area contributed by atoms with Gasteiger partial charge in [0.25, 0.3) is 0 Å². The molecule has 2 unspecified atom stereocenters. The highest BCUT2D eigenvalue weighted by Gasteiger charge is 2.30. The van der Waals surface area contributed by atoms with Crippen LogP contribution >= 0.6 is 0 Å². The Balaban J connectivity index is 1.77. The van der Waals surface area contributed by atoms with Crippen molar-refractivity contribution in [3.8, 4) is 11.3 Å². The van der Waals surface area contributed by atoms with E-state index in [4.69, 9.17) is 4.98 Å². The van der Waals surface area contributed by atoms with Crippen molar-refractivity contribution in [3.63, 3.8) is 0 Å². The molecule has 1 saturated heterocycles. The van der Waals surface area contributed by atoms with E-state index in [-0.39, 0.29) is 29.2 Å². The van der Waals surface area contributed by atoms with Crippen LogP contribution in [-0.2, 0) is 11.5 Å². The average Bonchev–Trinajstić information content (AvgIpc) is 2.76. The number of rotatable bonds is 7. The first kappa shape index (κ1) is 23.5. The van der Waals surface area contributed by atoms with Gasteiger partial charge in [0.1, 0.15) is 18.3 Å². The van der Waals surface area contributed by atoms with E-state index in [9.17, 15) is 18.0 Å². The molecule has 0 radical (unpaired) electrons. The van der Waals surface area contributed by atoms with Crippen molar-refractivity contribution < 1.29 is 18.0 Å². The molecule has 2 aromatic rings. The standard InChI is InChI=1S/C24H30F3N5O/c1-14-13-32(9-8-28-14)20-11-16(12-25)10-19(30-20)18-6-7-29-23(21(18)15(2)22(26)27)31-24(33)17-4-3-5-17/h6-7,10-11,14-15,17,22,28H,3-5,8-9,12-13H2,1-2H3,(H,29,31,33). The Morgan fingerprint density at radius 3 is 2.76 bits per heavy atom. The molecular weight excluding hydrogens is 431 g/mol. The summed E-state index contributed by atoms with van der Waals surface area (Å²) in [4.78, 5) is 23.6. The molecule has 2 atom stereocenters. The van der Waals surface area contributed by atoms with Crippen LogP contribution in [0.3, 0.4) is 0 Å². The maximum absolute atomic E-state index is 13.9. The third-order valence-electron chi connectivity index (χ3n) is 6.54. The molecule has 1 saturated carbocycles. The third kappa shape index (κ3) is 5.13. The summed E-state index contributed by atoms with van der Waals surface area (Å²) in [5.74, 6) is -0.763. The largest absolute Gasteiger partial charge is 0.354 e. The molecule has 4 rings (SSSR count). The molecule has 3 heterocycles. The fourth-order valence-electron chi connectivity index (χ4n) is 4.36. The van der Waals surface area contributed by atoms with Gasteiger partial charge in [-0.1, -0.05) is 13.3 Å². The second kappa shape index (κ2) is 10.1. The van der Waals surface area contributed by atoms with Crippen molar-refractivity contribution in [2.24, 2.45) is 5.92 Å². The van der Waals surface area contributed by atoms with Crippen LogP contribution in [0.15, 0.2) is 24.4 Å². The number of alkyl halides is 3. The Morgan fingerprint density at radius 1 is 1.33 bits per heavy atom. The number of pyridine rings is 2. The first-order valence-corrected chi connectivity index (χ1v) is 11.5. The summed E-state index contributed by atoms with van der Waals surface area (Å²) in [6.45, 7) is 4.97. The van der Waals surface area contributed by atoms with Gasteiger partial charge in [-0.2, -0.15) is 0 Å². The SMILES string of the molecule is CC1CN(c2cc(CF)cc(-c3ccnc(NC(=O)C4CCC4)c3C(C)C(F)F)n2)CCN1. The minimum Gasteiger partial charge on any atom is -0.354 e. The van der Waals surface area contributed by atoms with Gasteiger partial charge in [-0.15, -0.1) is 0 Å². The van der Waals surface area contributed by atoms with Crippen molar-refractivity contribution in [1.82, 2.24) is 15.3 Å². The minimum atomic E-state index is -2.66. The van der Waals surface area contributed by atoms with Crippen LogP contribution in [0.25, 0.3) is 11.3 Å². The number of hydrogen-bond acceptors (Lipinski definition) is 5. The van der Waals surface area contributed by atoms with Crippen molar-refractivity contribution >= 4 is 17.5 Å². The van der Waals surface area contributed by atoms with Gasteiger partial charge in [0.15, 0.2) is 0 Å². The quantitative estimate of drug-likeness (QED) is 0.635. The molecule has 9 heteroatoms. The maximum atomic E-state index is 13.9. The Labute approximate surface area is 192 Å². The maximum Gasteiger partial charge on any atom is 0.245 e. The molecule has 0 spiro atoms. The zero-order valence-electron chi connectivity index (χ0n) is 19.0. The first-order chi connectivity index (χ1) is 15.9. The molecule has 178 valence electrons. The summed E-state index contributed by atoms with van der Waals surface area (Å²) in [5, 5.41) is 6.13. The van der Waals surface area contributed by atoms with Crippen LogP contribution in [0.5, 0.6) is 0 Å². The lowest BCUT2D eigenvalue weighted by molar-refractivity contribution is -0.122. The van der Waals surface area contributed by atoms with E-state index in [1.807, 2.05) is 0 Å². The number of hydrogen-bond donors (Lipinski definition) is 2. The summed E-state index contributed by atoms with van der Waals surface area (Å²) in [5.41, 5.74) is 1.48. The fourth-order valence-corrected chi connectivity index (χ4v) is 4.36. The van der Waals surface area contributed by atoms with E-state index in [1.54, 1.807) is 18.2 Å². The molecule has 1 aliphatic heterocycles. The molecule has 0 bridgehead atoms. The zero-order chi connectivity index (χ0) is 23.5. The van der Waals surface area contributed by atoms with Crippen molar-refractivity contribution in [2.45, 2.75) is 58.2 Å². The van der Waals surface area contributed by atoms with Crippen molar-refractivity contribution in [1.29, 1.82) is 0 Å². The average molecular weight is 462 g/mol. The second-order valence-electron chi connectivity index (χ2n) is 9.01. The van der Waals surface area contributed by atoms with Crippen molar-refractivity contribution in [2.75, 3.05) is 29.9 Å². The highest BCUT2D eigenvalue weighted by Crippen LogP contribution is 2.38. The number of nitrogens with one attached hydrogen (secondary N) is 2. The Kier molecular flexibility index (Phi) is 7.17. The fraction of sp³-hybridized carbons (Fsp3) is 0.542. The number of nitrogens with zero attached hydrogens (tertiary/aromatic N) is 3. The summed E-state index contributed by atoms with van der Waals surface area (Å²) in [6.07, 6.45) is 1.38. The normalized spacial score (nSPS) is 19.9. The van der Waals surface area contributed by atoms with E-state index >= 15 is 0 Å².